The van der Waals surface area contributed by atoms with Gasteiger partial charge in [-0.3, -0.25) is 4.99 Å². The minimum Gasteiger partial charge on any atom is -0.361 e. The third kappa shape index (κ3) is 4.02. The standard InChI is InChI=1S/C9H20N2/c1-5-7-11(8-6-2)9(3)10-4/h5-8H2,1-4H3. The number of amidine groups is 1. The van der Waals surface area contributed by atoms with Crippen LogP contribution in [0, 0.1) is 0 Å². The van der Waals surface area contributed by atoms with Gasteiger partial charge in [-0.2, -0.15) is 0 Å². The molecule has 0 spiro atoms. The van der Waals surface area contributed by atoms with E-state index in [1.54, 1.807) is 0 Å². The summed E-state index contributed by atoms with van der Waals surface area (Å²) in [6.45, 7) is 8.75. The van der Waals surface area contributed by atoms with E-state index in [1.165, 1.54) is 12.8 Å². The largest absolute Gasteiger partial charge is 0.361 e. The second kappa shape index (κ2) is 6.20. The summed E-state index contributed by atoms with van der Waals surface area (Å²) in [5.41, 5.74) is 0. The van der Waals surface area contributed by atoms with Crippen molar-refractivity contribution in [2.24, 2.45) is 4.99 Å². The number of hydrogen-bond donors (Lipinski definition) is 0. The first kappa shape index (κ1) is 10.5. The summed E-state index contributed by atoms with van der Waals surface area (Å²) in [4.78, 5) is 6.50. The summed E-state index contributed by atoms with van der Waals surface area (Å²) >= 11 is 0. The van der Waals surface area contributed by atoms with Gasteiger partial charge in [0, 0.05) is 20.1 Å². The molecule has 0 bridgehead atoms. The Kier molecular flexibility index (Phi) is 5.90. The van der Waals surface area contributed by atoms with E-state index in [0.717, 1.165) is 18.9 Å². The molecule has 0 N–H and O–H groups in total. The van der Waals surface area contributed by atoms with E-state index in [4.69, 9.17) is 0 Å². The molecule has 0 aromatic rings. The van der Waals surface area contributed by atoms with Gasteiger partial charge >= 0.3 is 0 Å². The zero-order valence-corrected chi connectivity index (χ0v) is 8.22. The van der Waals surface area contributed by atoms with Crippen molar-refractivity contribution >= 4 is 5.84 Å². The van der Waals surface area contributed by atoms with Crippen LogP contribution >= 0.6 is 0 Å². The Hall–Kier alpha value is -0.530. The number of hydrogen-bond acceptors (Lipinski definition) is 1. The Bertz CT molecular complexity index is 113. The molecule has 0 aliphatic rings. The third-order valence-corrected chi connectivity index (χ3v) is 1.77. The van der Waals surface area contributed by atoms with Crippen molar-refractivity contribution in [2.75, 3.05) is 20.1 Å². The molecule has 11 heavy (non-hydrogen) atoms. The van der Waals surface area contributed by atoms with Gasteiger partial charge in [0.25, 0.3) is 0 Å². The summed E-state index contributed by atoms with van der Waals surface area (Å²) in [7, 11) is 1.85. The Morgan fingerprint density at radius 2 is 1.64 bits per heavy atom. The minimum absolute atomic E-state index is 1.14. The highest BCUT2D eigenvalue weighted by Crippen LogP contribution is 1.95. The zero-order valence-electron chi connectivity index (χ0n) is 8.22. The molecule has 0 amide bonds. The van der Waals surface area contributed by atoms with Gasteiger partial charge in [-0.1, -0.05) is 13.8 Å². The minimum atomic E-state index is 1.14. The van der Waals surface area contributed by atoms with Crippen molar-refractivity contribution in [3.8, 4) is 0 Å². The van der Waals surface area contributed by atoms with E-state index < -0.39 is 0 Å². The number of rotatable bonds is 4. The first-order valence-electron chi connectivity index (χ1n) is 4.44. The lowest BCUT2D eigenvalue weighted by Gasteiger charge is -2.22. The highest BCUT2D eigenvalue weighted by Gasteiger charge is 2.01. The topological polar surface area (TPSA) is 15.6 Å². The van der Waals surface area contributed by atoms with Crippen LogP contribution in [0.4, 0.5) is 0 Å². The molecule has 0 unspecified atom stereocenters. The molecule has 0 aliphatic heterocycles. The van der Waals surface area contributed by atoms with Crippen molar-refractivity contribution in [3.05, 3.63) is 0 Å². The molecule has 66 valence electrons. The van der Waals surface area contributed by atoms with Crippen molar-refractivity contribution in [3.63, 3.8) is 0 Å². The van der Waals surface area contributed by atoms with Crippen LogP contribution in [-0.4, -0.2) is 30.9 Å². The van der Waals surface area contributed by atoms with Gasteiger partial charge in [-0.05, 0) is 19.8 Å². The SMILES string of the molecule is CCCN(CCC)C(C)=NC. The van der Waals surface area contributed by atoms with Crippen molar-refractivity contribution < 1.29 is 0 Å². The van der Waals surface area contributed by atoms with Gasteiger partial charge in [0.05, 0.1) is 5.84 Å². The molecule has 0 aromatic heterocycles. The molecule has 0 saturated carbocycles. The summed E-state index contributed by atoms with van der Waals surface area (Å²) in [6.07, 6.45) is 2.40. The lowest BCUT2D eigenvalue weighted by Crippen LogP contribution is -2.30. The average molecular weight is 156 g/mol. The summed E-state index contributed by atoms with van der Waals surface area (Å²) < 4.78 is 0. The lowest BCUT2D eigenvalue weighted by atomic mass is 10.3. The molecule has 2 nitrogen and oxygen atoms in total. The van der Waals surface area contributed by atoms with Gasteiger partial charge in [0.2, 0.25) is 0 Å². The van der Waals surface area contributed by atoms with E-state index in [0.29, 0.717) is 0 Å². The molecule has 0 fully saturated rings. The predicted octanol–water partition coefficient (Wildman–Crippen LogP) is 2.16. The summed E-state index contributed by atoms with van der Waals surface area (Å²) in [6, 6.07) is 0. The monoisotopic (exact) mass is 156 g/mol. The highest BCUT2D eigenvalue weighted by atomic mass is 15.2. The molecule has 0 saturated heterocycles. The van der Waals surface area contributed by atoms with Crippen LogP contribution in [-0.2, 0) is 0 Å². The molecule has 2 heteroatoms. The van der Waals surface area contributed by atoms with Gasteiger partial charge < -0.3 is 4.90 Å². The van der Waals surface area contributed by atoms with Crippen LogP contribution in [0.3, 0.4) is 0 Å². The van der Waals surface area contributed by atoms with E-state index >= 15 is 0 Å². The lowest BCUT2D eigenvalue weighted by molar-refractivity contribution is 0.414. The number of aliphatic imine (C=N–C) groups is 1. The van der Waals surface area contributed by atoms with E-state index in [2.05, 4.69) is 30.7 Å². The van der Waals surface area contributed by atoms with E-state index in [-0.39, 0.29) is 0 Å². The van der Waals surface area contributed by atoms with Gasteiger partial charge in [0.1, 0.15) is 0 Å². The quantitative estimate of drug-likeness (QED) is 0.450. The van der Waals surface area contributed by atoms with Gasteiger partial charge in [0.15, 0.2) is 0 Å². The maximum atomic E-state index is 4.17. The second-order valence-corrected chi connectivity index (χ2v) is 2.76. The van der Waals surface area contributed by atoms with E-state index in [9.17, 15) is 0 Å². The summed E-state index contributed by atoms with van der Waals surface area (Å²) in [5.74, 6) is 1.16. The fourth-order valence-electron chi connectivity index (χ4n) is 1.12. The Balaban J connectivity index is 3.87. The molecule has 0 heterocycles. The molecule has 0 radical (unpaired) electrons. The third-order valence-electron chi connectivity index (χ3n) is 1.77. The van der Waals surface area contributed by atoms with Crippen LogP contribution in [0.5, 0.6) is 0 Å². The molecule has 0 aliphatic carbocycles. The zero-order chi connectivity index (χ0) is 8.69. The first-order chi connectivity index (χ1) is 5.26. The van der Waals surface area contributed by atoms with Crippen LogP contribution in [0.15, 0.2) is 4.99 Å². The molecule has 0 atom stereocenters. The Labute approximate surface area is 70.3 Å². The predicted molar refractivity (Wildman–Crippen MR) is 51.2 cm³/mol. The van der Waals surface area contributed by atoms with Crippen LogP contribution in [0.1, 0.15) is 33.6 Å². The molecular weight excluding hydrogens is 136 g/mol. The molecular formula is C9H20N2. The van der Waals surface area contributed by atoms with Gasteiger partial charge in [-0.25, -0.2) is 0 Å². The maximum Gasteiger partial charge on any atom is 0.0954 e. The van der Waals surface area contributed by atoms with Crippen molar-refractivity contribution in [1.82, 2.24) is 4.90 Å². The van der Waals surface area contributed by atoms with Crippen molar-refractivity contribution in [1.29, 1.82) is 0 Å². The van der Waals surface area contributed by atoms with E-state index in [1.807, 2.05) is 7.05 Å². The fraction of sp³-hybridized carbons (Fsp3) is 0.889. The normalized spacial score (nSPS) is 11.8. The summed E-state index contributed by atoms with van der Waals surface area (Å²) in [5, 5.41) is 0. The number of nitrogens with zero attached hydrogens (tertiary/aromatic N) is 2. The fourth-order valence-corrected chi connectivity index (χ4v) is 1.12. The maximum absolute atomic E-state index is 4.17. The molecule has 0 aromatic carbocycles. The first-order valence-corrected chi connectivity index (χ1v) is 4.44. The Morgan fingerprint density at radius 1 is 1.18 bits per heavy atom. The smallest absolute Gasteiger partial charge is 0.0954 e. The van der Waals surface area contributed by atoms with Crippen LogP contribution < -0.4 is 0 Å². The Morgan fingerprint density at radius 3 is 1.91 bits per heavy atom. The van der Waals surface area contributed by atoms with Crippen molar-refractivity contribution in [2.45, 2.75) is 33.6 Å². The average Bonchev–Trinajstić information content (AvgIpc) is 2.03. The van der Waals surface area contributed by atoms with Crippen LogP contribution in [0.25, 0.3) is 0 Å². The van der Waals surface area contributed by atoms with Gasteiger partial charge in [-0.15, -0.1) is 0 Å². The van der Waals surface area contributed by atoms with Crippen LogP contribution in [0.2, 0.25) is 0 Å². The second-order valence-electron chi connectivity index (χ2n) is 2.76. The highest BCUT2D eigenvalue weighted by molar-refractivity contribution is 5.79. The molecule has 0 rings (SSSR count).